The van der Waals surface area contributed by atoms with Crippen LogP contribution < -0.4 is 11.1 Å². The number of halogens is 3. The van der Waals surface area contributed by atoms with E-state index in [1.165, 1.54) is 18.2 Å². The number of anilines is 2. The first kappa shape index (κ1) is 13.6. The van der Waals surface area contributed by atoms with Crippen LogP contribution in [0.4, 0.5) is 15.8 Å². The van der Waals surface area contributed by atoms with Crippen LogP contribution in [0.25, 0.3) is 0 Å². The Labute approximate surface area is 119 Å². The second-order valence-electron chi connectivity index (χ2n) is 3.82. The number of nitrogen functional groups attached to an aromatic ring is 1. The molecule has 3 nitrogen and oxygen atoms in total. The second kappa shape index (κ2) is 5.47. The van der Waals surface area contributed by atoms with Crippen LogP contribution in [0.2, 0.25) is 10.0 Å². The fourth-order valence-electron chi connectivity index (χ4n) is 1.47. The number of carbonyl (C=O) groups is 1. The maximum absolute atomic E-state index is 13.3. The number of rotatable bonds is 2. The molecule has 0 aliphatic carbocycles. The van der Waals surface area contributed by atoms with Gasteiger partial charge in [0.25, 0.3) is 5.91 Å². The van der Waals surface area contributed by atoms with Crippen LogP contribution in [0.1, 0.15) is 10.4 Å². The van der Waals surface area contributed by atoms with Crippen LogP contribution in [0.5, 0.6) is 0 Å². The molecule has 3 N–H and O–H groups in total. The molecule has 0 atom stereocenters. The fraction of sp³-hybridized carbons (Fsp3) is 0. The molecule has 0 unspecified atom stereocenters. The van der Waals surface area contributed by atoms with Crippen LogP contribution in [0.3, 0.4) is 0 Å². The highest BCUT2D eigenvalue weighted by molar-refractivity contribution is 6.34. The number of amides is 1. The Kier molecular flexibility index (Phi) is 3.93. The van der Waals surface area contributed by atoms with E-state index < -0.39 is 11.7 Å². The first-order valence-corrected chi connectivity index (χ1v) is 6.04. The number of hydrogen-bond acceptors (Lipinski definition) is 2. The summed E-state index contributed by atoms with van der Waals surface area (Å²) in [6.45, 7) is 0. The summed E-state index contributed by atoms with van der Waals surface area (Å²) in [5.41, 5.74) is 6.56. The Balaban J connectivity index is 2.25. The molecule has 0 aliphatic heterocycles. The summed E-state index contributed by atoms with van der Waals surface area (Å²) in [6, 6.07) is 8.48. The lowest BCUT2D eigenvalue weighted by molar-refractivity contribution is 0.102. The summed E-state index contributed by atoms with van der Waals surface area (Å²) in [4.78, 5) is 11.9. The van der Waals surface area contributed by atoms with Crippen molar-refractivity contribution in [3.8, 4) is 0 Å². The van der Waals surface area contributed by atoms with Gasteiger partial charge in [-0.1, -0.05) is 23.2 Å². The van der Waals surface area contributed by atoms with E-state index in [-0.39, 0.29) is 10.6 Å². The lowest BCUT2D eigenvalue weighted by Gasteiger charge is -2.08. The Morgan fingerprint density at radius 1 is 1.11 bits per heavy atom. The van der Waals surface area contributed by atoms with E-state index in [0.29, 0.717) is 16.4 Å². The highest BCUT2D eigenvalue weighted by atomic mass is 35.5. The van der Waals surface area contributed by atoms with Crippen molar-refractivity contribution < 1.29 is 9.18 Å². The van der Waals surface area contributed by atoms with E-state index in [9.17, 15) is 9.18 Å². The average Bonchev–Trinajstić information content (AvgIpc) is 2.37. The average molecular weight is 299 g/mol. The van der Waals surface area contributed by atoms with Crippen LogP contribution in [-0.2, 0) is 0 Å². The number of carbonyl (C=O) groups excluding carboxylic acids is 1. The van der Waals surface area contributed by atoms with Crippen molar-refractivity contribution in [3.05, 3.63) is 57.8 Å². The van der Waals surface area contributed by atoms with Gasteiger partial charge in [-0.3, -0.25) is 4.79 Å². The number of nitrogens with one attached hydrogen (secondary N) is 1. The van der Waals surface area contributed by atoms with Gasteiger partial charge in [0.1, 0.15) is 5.82 Å². The minimum Gasteiger partial charge on any atom is -0.399 e. The van der Waals surface area contributed by atoms with Gasteiger partial charge in [-0.2, -0.15) is 0 Å². The molecule has 0 spiro atoms. The minimum absolute atomic E-state index is 0.0430. The van der Waals surface area contributed by atoms with E-state index in [2.05, 4.69) is 5.32 Å². The summed E-state index contributed by atoms with van der Waals surface area (Å²) in [6.07, 6.45) is 0. The van der Waals surface area contributed by atoms with Gasteiger partial charge in [0, 0.05) is 11.3 Å². The Hall–Kier alpha value is -1.78. The van der Waals surface area contributed by atoms with Gasteiger partial charge < -0.3 is 11.1 Å². The topological polar surface area (TPSA) is 55.1 Å². The number of hydrogen-bond donors (Lipinski definition) is 2. The quantitative estimate of drug-likeness (QED) is 0.824. The molecule has 0 radical (unpaired) electrons. The Bertz CT molecular complexity index is 647. The van der Waals surface area contributed by atoms with Crippen molar-refractivity contribution >= 4 is 40.5 Å². The summed E-state index contributed by atoms with van der Waals surface area (Å²) in [5, 5.41) is 2.85. The van der Waals surface area contributed by atoms with Gasteiger partial charge in [0.05, 0.1) is 15.7 Å². The van der Waals surface area contributed by atoms with Gasteiger partial charge in [0.2, 0.25) is 0 Å². The SMILES string of the molecule is Nc1ccc(Cl)c(NC(=O)c2ccc(Cl)c(F)c2)c1. The summed E-state index contributed by atoms with van der Waals surface area (Å²) >= 11 is 11.5. The Morgan fingerprint density at radius 3 is 2.47 bits per heavy atom. The molecule has 0 fully saturated rings. The molecule has 0 aromatic heterocycles. The molecule has 0 aliphatic rings. The summed E-state index contributed by atoms with van der Waals surface area (Å²) in [5.74, 6) is -1.16. The molecule has 19 heavy (non-hydrogen) atoms. The molecule has 0 saturated carbocycles. The third kappa shape index (κ3) is 3.16. The molecule has 0 heterocycles. The molecule has 0 saturated heterocycles. The number of benzene rings is 2. The monoisotopic (exact) mass is 298 g/mol. The molecule has 98 valence electrons. The van der Waals surface area contributed by atoms with Gasteiger partial charge in [0.15, 0.2) is 0 Å². The van der Waals surface area contributed by atoms with Crippen molar-refractivity contribution in [3.63, 3.8) is 0 Å². The van der Waals surface area contributed by atoms with E-state index in [4.69, 9.17) is 28.9 Å². The fourth-order valence-corrected chi connectivity index (χ4v) is 1.75. The predicted molar refractivity (Wildman–Crippen MR) is 75.2 cm³/mol. The first-order chi connectivity index (χ1) is 8.97. The third-order valence-electron chi connectivity index (χ3n) is 2.42. The molecule has 2 aromatic carbocycles. The predicted octanol–water partition coefficient (Wildman–Crippen LogP) is 3.97. The second-order valence-corrected chi connectivity index (χ2v) is 4.64. The first-order valence-electron chi connectivity index (χ1n) is 5.29. The van der Waals surface area contributed by atoms with Crippen LogP contribution in [0.15, 0.2) is 36.4 Å². The smallest absolute Gasteiger partial charge is 0.255 e. The van der Waals surface area contributed by atoms with Gasteiger partial charge in [-0.05, 0) is 36.4 Å². The van der Waals surface area contributed by atoms with Crippen LogP contribution in [0, 0.1) is 5.82 Å². The minimum atomic E-state index is -0.659. The maximum Gasteiger partial charge on any atom is 0.255 e. The van der Waals surface area contributed by atoms with Crippen LogP contribution >= 0.6 is 23.2 Å². The number of nitrogens with two attached hydrogens (primary N) is 1. The van der Waals surface area contributed by atoms with Crippen molar-refractivity contribution in [2.24, 2.45) is 0 Å². The van der Waals surface area contributed by atoms with Gasteiger partial charge >= 0.3 is 0 Å². The maximum atomic E-state index is 13.3. The molecule has 1 amide bonds. The zero-order chi connectivity index (χ0) is 14.0. The molecular weight excluding hydrogens is 290 g/mol. The zero-order valence-electron chi connectivity index (χ0n) is 9.58. The molecule has 2 aromatic rings. The van der Waals surface area contributed by atoms with Crippen molar-refractivity contribution in [2.75, 3.05) is 11.1 Å². The normalized spacial score (nSPS) is 10.3. The standard InChI is InChI=1S/C13H9Cl2FN2O/c14-9-3-1-7(5-11(9)16)13(19)18-12-6-8(17)2-4-10(12)15/h1-6H,17H2,(H,18,19). The van der Waals surface area contributed by atoms with E-state index in [1.54, 1.807) is 12.1 Å². The molecule has 0 bridgehead atoms. The lowest BCUT2D eigenvalue weighted by atomic mass is 10.2. The van der Waals surface area contributed by atoms with Crippen LogP contribution in [-0.4, -0.2) is 5.91 Å². The van der Waals surface area contributed by atoms with Crippen molar-refractivity contribution in [1.29, 1.82) is 0 Å². The van der Waals surface area contributed by atoms with Crippen molar-refractivity contribution in [2.45, 2.75) is 0 Å². The third-order valence-corrected chi connectivity index (χ3v) is 3.06. The van der Waals surface area contributed by atoms with E-state index >= 15 is 0 Å². The largest absolute Gasteiger partial charge is 0.399 e. The van der Waals surface area contributed by atoms with E-state index in [0.717, 1.165) is 6.07 Å². The highest BCUT2D eigenvalue weighted by Gasteiger charge is 2.11. The highest BCUT2D eigenvalue weighted by Crippen LogP contribution is 2.25. The van der Waals surface area contributed by atoms with Gasteiger partial charge in [-0.15, -0.1) is 0 Å². The molecule has 6 heteroatoms. The molecule has 2 rings (SSSR count). The van der Waals surface area contributed by atoms with Crippen molar-refractivity contribution in [1.82, 2.24) is 0 Å². The summed E-state index contributed by atoms with van der Waals surface area (Å²) < 4.78 is 13.3. The van der Waals surface area contributed by atoms with E-state index in [1.807, 2.05) is 0 Å². The Morgan fingerprint density at radius 2 is 1.79 bits per heavy atom. The lowest BCUT2D eigenvalue weighted by Crippen LogP contribution is -2.12. The molecular formula is C13H9Cl2FN2O. The van der Waals surface area contributed by atoms with Gasteiger partial charge in [-0.25, -0.2) is 4.39 Å². The summed E-state index contributed by atoms with van der Waals surface area (Å²) in [7, 11) is 0. The zero-order valence-corrected chi connectivity index (χ0v) is 11.1.